The van der Waals surface area contributed by atoms with Crippen LogP contribution in [0.1, 0.15) is 12.0 Å². The predicted molar refractivity (Wildman–Crippen MR) is 59.5 cm³/mol. The van der Waals surface area contributed by atoms with E-state index in [-0.39, 0.29) is 5.75 Å². The molecule has 0 fully saturated rings. The van der Waals surface area contributed by atoms with Crippen molar-refractivity contribution in [2.45, 2.75) is 12.8 Å². The molecule has 0 saturated heterocycles. The molecule has 0 aliphatic rings. The normalized spacial score (nSPS) is 9.50. The monoisotopic (exact) mass is 254 g/mol. The van der Waals surface area contributed by atoms with E-state index in [1.54, 1.807) is 6.07 Å². The summed E-state index contributed by atoms with van der Waals surface area (Å²) in [6.45, 7) is 0. The molecule has 0 unspecified atom stereocenters. The first-order valence-corrected chi connectivity index (χ1v) is 4.97. The molecule has 0 atom stereocenters. The number of aromatic hydroxyl groups is 1. The Balaban J connectivity index is 3.04. The average Bonchev–Trinajstić information content (AvgIpc) is 2.18. The molecule has 0 radical (unpaired) electrons. The van der Waals surface area contributed by atoms with Gasteiger partial charge in [0.05, 0.1) is 7.11 Å². The topological polar surface area (TPSA) is 29.5 Å². The maximum atomic E-state index is 9.73. The predicted octanol–water partition coefficient (Wildman–Crippen LogP) is 2.73. The highest BCUT2D eigenvalue weighted by molar-refractivity contribution is 9.10. The zero-order valence-corrected chi connectivity index (χ0v) is 9.47. The van der Waals surface area contributed by atoms with Gasteiger partial charge in [0, 0.05) is 10.9 Å². The number of halogens is 1. The van der Waals surface area contributed by atoms with Gasteiger partial charge in [0.1, 0.15) is 0 Å². The number of aryl methyl sites for hydroxylation is 1. The van der Waals surface area contributed by atoms with Crippen molar-refractivity contribution in [1.82, 2.24) is 0 Å². The summed E-state index contributed by atoms with van der Waals surface area (Å²) in [6.07, 6.45) is 6.42. The van der Waals surface area contributed by atoms with Crippen molar-refractivity contribution in [3.63, 3.8) is 0 Å². The fraction of sp³-hybridized carbons (Fsp3) is 0.273. The molecule has 0 aliphatic heterocycles. The maximum absolute atomic E-state index is 9.73. The van der Waals surface area contributed by atoms with E-state index in [1.165, 1.54) is 7.11 Å². The Morgan fingerprint density at radius 1 is 1.57 bits per heavy atom. The SMILES string of the molecule is C#CCCc1cc(Br)cc(OC)c1O. The molecule has 0 spiro atoms. The van der Waals surface area contributed by atoms with Crippen LogP contribution in [0.25, 0.3) is 0 Å². The number of ether oxygens (including phenoxy) is 1. The summed E-state index contributed by atoms with van der Waals surface area (Å²) in [5.74, 6) is 3.17. The second kappa shape index (κ2) is 4.92. The lowest BCUT2D eigenvalue weighted by Crippen LogP contribution is -1.90. The van der Waals surface area contributed by atoms with Gasteiger partial charge < -0.3 is 9.84 Å². The van der Waals surface area contributed by atoms with Gasteiger partial charge in [-0.05, 0) is 24.1 Å². The molecule has 1 N–H and O–H groups in total. The zero-order chi connectivity index (χ0) is 10.6. The first-order chi connectivity index (χ1) is 6.69. The minimum Gasteiger partial charge on any atom is -0.504 e. The van der Waals surface area contributed by atoms with Crippen LogP contribution in [0.4, 0.5) is 0 Å². The Labute approximate surface area is 92.0 Å². The second-order valence-corrected chi connectivity index (χ2v) is 3.74. The van der Waals surface area contributed by atoms with Crippen LogP contribution in [0, 0.1) is 12.3 Å². The Morgan fingerprint density at radius 2 is 2.29 bits per heavy atom. The summed E-state index contributed by atoms with van der Waals surface area (Å²) in [7, 11) is 1.52. The largest absolute Gasteiger partial charge is 0.504 e. The van der Waals surface area contributed by atoms with Gasteiger partial charge in [0.15, 0.2) is 11.5 Å². The van der Waals surface area contributed by atoms with E-state index >= 15 is 0 Å². The molecule has 0 amide bonds. The molecule has 2 nitrogen and oxygen atoms in total. The average molecular weight is 255 g/mol. The van der Waals surface area contributed by atoms with Gasteiger partial charge in [0.2, 0.25) is 0 Å². The Hall–Kier alpha value is -1.14. The molecule has 14 heavy (non-hydrogen) atoms. The highest BCUT2D eigenvalue weighted by atomic mass is 79.9. The van der Waals surface area contributed by atoms with Crippen LogP contribution in [0.5, 0.6) is 11.5 Å². The van der Waals surface area contributed by atoms with Crippen molar-refractivity contribution in [1.29, 1.82) is 0 Å². The van der Waals surface area contributed by atoms with E-state index in [0.29, 0.717) is 18.6 Å². The van der Waals surface area contributed by atoms with Crippen LogP contribution in [-0.4, -0.2) is 12.2 Å². The molecule has 0 aliphatic carbocycles. The molecule has 74 valence electrons. The number of hydrogen-bond donors (Lipinski definition) is 1. The number of phenolic OH excluding ortho intramolecular Hbond substituents is 1. The lowest BCUT2D eigenvalue weighted by atomic mass is 10.1. The minimum absolute atomic E-state index is 0.172. The summed E-state index contributed by atoms with van der Waals surface area (Å²) in [5, 5.41) is 9.73. The van der Waals surface area contributed by atoms with Crippen LogP contribution in [-0.2, 0) is 6.42 Å². The van der Waals surface area contributed by atoms with Crippen molar-refractivity contribution in [3.8, 4) is 23.8 Å². The summed E-state index contributed by atoms with van der Waals surface area (Å²) in [5.41, 5.74) is 0.800. The standard InChI is InChI=1S/C11H11BrO2/c1-3-4-5-8-6-9(12)7-10(14-2)11(8)13/h1,6-7,13H,4-5H2,2H3. The minimum atomic E-state index is 0.172. The van der Waals surface area contributed by atoms with Gasteiger partial charge in [-0.1, -0.05) is 15.9 Å². The van der Waals surface area contributed by atoms with Crippen LogP contribution >= 0.6 is 15.9 Å². The highest BCUT2D eigenvalue weighted by Gasteiger charge is 2.08. The molecule has 3 heteroatoms. The summed E-state index contributed by atoms with van der Waals surface area (Å²) < 4.78 is 5.89. The van der Waals surface area contributed by atoms with Crippen molar-refractivity contribution in [3.05, 3.63) is 22.2 Å². The van der Waals surface area contributed by atoms with Gasteiger partial charge in [-0.25, -0.2) is 0 Å². The van der Waals surface area contributed by atoms with E-state index in [9.17, 15) is 5.11 Å². The first kappa shape index (κ1) is 10.9. The van der Waals surface area contributed by atoms with Gasteiger partial charge in [-0.2, -0.15) is 0 Å². The van der Waals surface area contributed by atoms with E-state index in [4.69, 9.17) is 11.2 Å². The molecule has 0 heterocycles. The fourth-order valence-electron chi connectivity index (χ4n) is 1.18. The van der Waals surface area contributed by atoms with E-state index < -0.39 is 0 Å². The molecule has 0 aromatic heterocycles. The van der Waals surface area contributed by atoms with Crippen LogP contribution < -0.4 is 4.74 Å². The first-order valence-electron chi connectivity index (χ1n) is 4.18. The second-order valence-electron chi connectivity index (χ2n) is 2.82. The van der Waals surface area contributed by atoms with Gasteiger partial charge in [-0.15, -0.1) is 12.3 Å². The van der Waals surface area contributed by atoms with E-state index in [1.807, 2.05) is 6.07 Å². The Morgan fingerprint density at radius 3 is 2.86 bits per heavy atom. The molecule has 1 rings (SSSR count). The van der Waals surface area contributed by atoms with Gasteiger partial charge >= 0.3 is 0 Å². The number of rotatable bonds is 3. The number of benzene rings is 1. The third kappa shape index (κ3) is 2.43. The van der Waals surface area contributed by atoms with Gasteiger partial charge in [0.25, 0.3) is 0 Å². The summed E-state index contributed by atoms with van der Waals surface area (Å²) >= 11 is 3.34. The van der Waals surface area contributed by atoms with Crippen molar-refractivity contribution < 1.29 is 9.84 Å². The smallest absolute Gasteiger partial charge is 0.161 e. The maximum Gasteiger partial charge on any atom is 0.161 e. The number of phenols is 1. The summed E-state index contributed by atoms with van der Waals surface area (Å²) in [6, 6.07) is 3.56. The van der Waals surface area contributed by atoms with Crippen LogP contribution in [0.3, 0.4) is 0 Å². The van der Waals surface area contributed by atoms with Crippen molar-refractivity contribution in [2.24, 2.45) is 0 Å². The van der Waals surface area contributed by atoms with E-state index in [0.717, 1.165) is 10.0 Å². The highest BCUT2D eigenvalue weighted by Crippen LogP contribution is 2.34. The number of hydrogen-bond acceptors (Lipinski definition) is 2. The van der Waals surface area contributed by atoms with Crippen molar-refractivity contribution in [2.75, 3.05) is 7.11 Å². The van der Waals surface area contributed by atoms with Crippen molar-refractivity contribution >= 4 is 15.9 Å². The van der Waals surface area contributed by atoms with Gasteiger partial charge in [-0.3, -0.25) is 0 Å². The Kier molecular flexibility index (Phi) is 3.84. The van der Waals surface area contributed by atoms with Crippen LogP contribution in [0.2, 0.25) is 0 Å². The fourth-order valence-corrected chi connectivity index (χ4v) is 1.67. The molecule has 0 bridgehead atoms. The van der Waals surface area contributed by atoms with Crippen LogP contribution in [0.15, 0.2) is 16.6 Å². The molecule has 1 aromatic carbocycles. The lowest BCUT2D eigenvalue weighted by Gasteiger charge is -2.08. The molecular formula is C11H11BrO2. The quantitative estimate of drug-likeness (QED) is 0.841. The third-order valence-corrected chi connectivity index (χ3v) is 2.34. The molecule has 0 saturated carbocycles. The zero-order valence-electron chi connectivity index (χ0n) is 7.88. The molecule has 1 aromatic rings. The lowest BCUT2D eigenvalue weighted by molar-refractivity contribution is 0.370. The third-order valence-electron chi connectivity index (χ3n) is 1.88. The number of terminal acetylenes is 1. The summed E-state index contributed by atoms with van der Waals surface area (Å²) in [4.78, 5) is 0. The van der Waals surface area contributed by atoms with E-state index in [2.05, 4.69) is 21.9 Å². The molecular weight excluding hydrogens is 244 g/mol. The Bertz CT molecular complexity index is 366. The number of methoxy groups -OCH3 is 1.